The van der Waals surface area contributed by atoms with Crippen molar-refractivity contribution in [3.63, 3.8) is 0 Å². The zero-order valence-corrected chi connectivity index (χ0v) is 10.8. The molecule has 2 rings (SSSR count). The average molecular weight is 271 g/mol. The predicted molar refractivity (Wildman–Crippen MR) is 64.0 cm³/mol. The first-order valence-corrected chi connectivity index (χ1v) is 5.96. The minimum absolute atomic E-state index is 0.363. The van der Waals surface area contributed by atoms with E-state index in [4.69, 9.17) is 9.47 Å². The fraction of sp³-hybridized carbons (Fsp3) is 0.500. The van der Waals surface area contributed by atoms with Crippen molar-refractivity contribution in [2.75, 3.05) is 6.61 Å². The summed E-state index contributed by atoms with van der Waals surface area (Å²) in [5.41, 5.74) is 2.24. The Morgan fingerprint density at radius 1 is 1.27 bits per heavy atom. The SMILES string of the molecule is CCC1(Br)COc2c(C)ccc(C)c2O1. The summed E-state index contributed by atoms with van der Waals surface area (Å²) in [5, 5.41) is 0. The maximum absolute atomic E-state index is 5.97. The Labute approximate surface area is 98.7 Å². The molecule has 1 atom stereocenters. The highest BCUT2D eigenvalue weighted by atomic mass is 79.9. The molecule has 1 unspecified atom stereocenters. The van der Waals surface area contributed by atoms with Crippen molar-refractivity contribution >= 4 is 15.9 Å². The lowest BCUT2D eigenvalue weighted by Crippen LogP contribution is -2.38. The molecule has 0 saturated carbocycles. The number of hydrogen-bond donors (Lipinski definition) is 0. The van der Waals surface area contributed by atoms with E-state index in [1.165, 1.54) is 0 Å². The van der Waals surface area contributed by atoms with Crippen LogP contribution in [-0.4, -0.2) is 11.1 Å². The summed E-state index contributed by atoms with van der Waals surface area (Å²) < 4.78 is 11.4. The van der Waals surface area contributed by atoms with Gasteiger partial charge in [-0.3, -0.25) is 0 Å². The fourth-order valence-electron chi connectivity index (χ4n) is 1.63. The number of hydrogen-bond acceptors (Lipinski definition) is 2. The van der Waals surface area contributed by atoms with Crippen molar-refractivity contribution < 1.29 is 9.47 Å². The molecule has 0 aliphatic carbocycles. The largest absolute Gasteiger partial charge is 0.484 e. The zero-order valence-electron chi connectivity index (χ0n) is 9.26. The quantitative estimate of drug-likeness (QED) is 0.727. The van der Waals surface area contributed by atoms with Crippen molar-refractivity contribution in [3.05, 3.63) is 23.3 Å². The average Bonchev–Trinajstić information content (AvgIpc) is 2.24. The third kappa shape index (κ3) is 1.85. The van der Waals surface area contributed by atoms with Gasteiger partial charge in [0.1, 0.15) is 6.61 Å². The highest BCUT2D eigenvalue weighted by Gasteiger charge is 2.34. The van der Waals surface area contributed by atoms with Gasteiger partial charge < -0.3 is 9.47 Å². The van der Waals surface area contributed by atoms with Crippen LogP contribution in [0.2, 0.25) is 0 Å². The second kappa shape index (κ2) is 3.71. The molecular formula is C12H15BrO2. The van der Waals surface area contributed by atoms with E-state index in [1.807, 2.05) is 13.8 Å². The van der Waals surface area contributed by atoms with Crippen LogP contribution >= 0.6 is 15.9 Å². The van der Waals surface area contributed by atoms with E-state index in [0.29, 0.717) is 6.61 Å². The summed E-state index contributed by atoms with van der Waals surface area (Å²) in [7, 11) is 0. The van der Waals surface area contributed by atoms with Crippen LogP contribution in [0.3, 0.4) is 0 Å². The number of ether oxygens (including phenoxy) is 2. The number of fused-ring (bicyclic) bond motifs is 1. The van der Waals surface area contributed by atoms with Crippen LogP contribution in [0.25, 0.3) is 0 Å². The van der Waals surface area contributed by atoms with Crippen LogP contribution in [0.15, 0.2) is 12.1 Å². The molecule has 3 heteroatoms. The van der Waals surface area contributed by atoms with Crippen LogP contribution in [0.5, 0.6) is 11.5 Å². The minimum atomic E-state index is -0.363. The van der Waals surface area contributed by atoms with Gasteiger partial charge in [0.25, 0.3) is 0 Å². The zero-order chi connectivity index (χ0) is 11.1. The Morgan fingerprint density at radius 3 is 2.47 bits per heavy atom. The van der Waals surface area contributed by atoms with Crippen LogP contribution in [0, 0.1) is 13.8 Å². The van der Waals surface area contributed by atoms with E-state index < -0.39 is 0 Å². The molecule has 0 aromatic heterocycles. The number of halogens is 1. The molecule has 0 spiro atoms. The molecule has 0 N–H and O–H groups in total. The lowest BCUT2D eigenvalue weighted by molar-refractivity contribution is 0.0653. The topological polar surface area (TPSA) is 18.5 Å². The van der Waals surface area contributed by atoms with Crippen molar-refractivity contribution in [1.29, 1.82) is 0 Å². The Bertz CT molecular complexity index is 389. The Kier molecular flexibility index (Phi) is 2.67. The summed E-state index contributed by atoms with van der Waals surface area (Å²) >= 11 is 3.58. The minimum Gasteiger partial charge on any atom is -0.484 e. The van der Waals surface area contributed by atoms with Gasteiger partial charge in [0.05, 0.1) is 0 Å². The van der Waals surface area contributed by atoms with E-state index in [0.717, 1.165) is 29.0 Å². The molecular weight excluding hydrogens is 256 g/mol. The van der Waals surface area contributed by atoms with Gasteiger partial charge in [0.2, 0.25) is 0 Å². The van der Waals surface area contributed by atoms with E-state index in [1.54, 1.807) is 0 Å². The monoisotopic (exact) mass is 270 g/mol. The normalized spacial score (nSPS) is 24.0. The first-order chi connectivity index (χ1) is 7.06. The van der Waals surface area contributed by atoms with Gasteiger partial charge in [-0.05, 0) is 47.3 Å². The molecule has 15 heavy (non-hydrogen) atoms. The lowest BCUT2D eigenvalue weighted by atomic mass is 10.1. The van der Waals surface area contributed by atoms with E-state index in [2.05, 4.69) is 35.0 Å². The first kappa shape index (κ1) is 10.8. The molecule has 1 aliphatic heterocycles. The van der Waals surface area contributed by atoms with Crippen LogP contribution in [-0.2, 0) is 0 Å². The fourth-order valence-corrected chi connectivity index (χ4v) is 1.91. The van der Waals surface area contributed by atoms with Gasteiger partial charge in [-0.25, -0.2) is 0 Å². The molecule has 82 valence electrons. The van der Waals surface area contributed by atoms with Crippen molar-refractivity contribution in [3.8, 4) is 11.5 Å². The molecule has 1 aliphatic rings. The maximum atomic E-state index is 5.97. The third-order valence-corrected chi connectivity index (χ3v) is 3.70. The number of benzene rings is 1. The molecule has 0 saturated heterocycles. The van der Waals surface area contributed by atoms with Gasteiger partial charge in [-0.2, -0.15) is 0 Å². The molecule has 1 heterocycles. The molecule has 1 aromatic carbocycles. The predicted octanol–water partition coefficient (Wildman–Crippen LogP) is 3.58. The Morgan fingerprint density at radius 2 is 1.87 bits per heavy atom. The van der Waals surface area contributed by atoms with E-state index in [9.17, 15) is 0 Å². The summed E-state index contributed by atoms with van der Waals surface area (Å²) in [6.45, 7) is 6.71. The highest BCUT2D eigenvalue weighted by Crippen LogP contribution is 2.43. The Balaban J connectivity index is 2.45. The van der Waals surface area contributed by atoms with Gasteiger partial charge in [0, 0.05) is 0 Å². The van der Waals surface area contributed by atoms with E-state index in [-0.39, 0.29) is 4.51 Å². The van der Waals surface area contributed by atoms with Crippen molar-refractivity contribution in [2.24, 2.45) is 0 Å². The second-order valence-corrected chi connectivity index (χ2v) is 5.43. The van der Waals surface area contributed by atoms with Crippen molar-refractivity contribution in [1.82, 2.24) is 0 Å². The molecule has 1 aromatic rings. The van der Waals surface area contributed by atoms with Gasteiger partial charge in [-0.15, -0.1) is 0 Å². The summed E-state index contributed by atoms with van der Waals surface area (Å²) in [6.07, 6.45) is 0.875. The molecule has 0 bridgehead atoms. The number of rotatable bonds is 1. The number of aryl methyl sites for hydroxylation is 2. The standard InChI is InChI=1S/C12H15BrO2/c1-4-12(13)7-14-10-8(2)5-6-9(3)11(10)15-12/h5-6H,4,7H2,1-3H3. The third-order valence-electron chi connectivity index (χ3n) is 2.75. The van der Waals surface area contributed by atoms with Gasteiger partial charge in [-0.1, -0.05) is 19.1 Å². The maximum Gasteiger partial charge on any atom is 0.196 e. The molecule has 0 amide bonds. The Hall–Kier alpha value is -0.700. The molecule has 0 radical (unpaired) electrons. The lowest BCUT2D eigenvalue weighted by Gasteiger charge is -2.34. The summed E-state index contributed by atoms with van der Waals surface area (Å²) in [6, 6.07) is 4.12. The van der Waals surface area contributed by atoms with Crippen LogP contribution in [0.1, 0.15) is 24.5 Å². The molecule has 0 fully saturated rings. The van der Waals surface area contributed by atoms with Crippen LogP contribution < -0.4 is 9.47 Å². The van der Waals surface area contributed by atoms with Gasteiger partial charge >= 0.3 is 0 Å². The second-order valence-electron chi connectivity index (χ2n) is 3.98. The molecule has 2 nitrogen and oxygen atoms in total. The van der Waals surface area contributed by atoms with Crippen molar-refractivity contribution in [2.45, 2.75) is 31.7 Å². The highest BCUT2D eigenvalue weighted by molar-refractivity contribution is 9.10. The smallest absolute Gasteiger partial charge is 0.196 e. The van der Waals surface area contributed by atoms with Gasteiger partial charge in [0.15, 0.2) is 16.0 Å². The first-order valence-electron chi connectivity index (χ1n) is 5.16. The number of alkyl halides is 1. The summed E-state index contributed by atoms with van der Waals surface area (Å²) in [5.74, 6) is 1.76. The summed E-state index contributed by atoms with van der Waals surface area (Å²) in [4.78, 5) is 0. The van der Waals surface area contributed by atoms with E-state index >= 15 is 0 Å². The van der Waals surface area contributed by atoms with Crippen LogP contribution in [0.4, 0.5) is 0 Å².